The minimum atomic E-state index is -0.682. The third-order valence-corrected chi connectivity index (χ3v) is 2.59. The lowest BCUT2D eigenvalue weighted by Crippen LogP contribution is -2.14. The summed E-state index contributed by atoms with van der Waals surface area (Å²) in [6.07, 6.45) is 1.45. The Morgan fingerprint density at radius 1 is 1.35 bits per heavy atom. The Balaban J connectivity index is 2.31. The highest BCUT2D eigenvalue weighted by atomic mass is 16.6. The zero-order chi connectivity index (χ0) is 14.7. The van der Waals surface area contributed by atoms with Gasteiger partial charge in [0.05, 0.1) is 16.8 Å². The molecule has 1 amide bonds. The number of amides is 1. The fraction of sp³-hybridized carbons (Fsp3) is 0.0769. The van der Waals surface area contributed by atoms with E-state index in [1.807, 2.05) is 0 Å². The summed E-state index contributed by atoms with van der Waals surface area (Å²) in [5.41, 5.74) is 0.612. The number of nitro groups is 1. The summed E-state index contributed by atoms with van der Waals surface area (Å²) in [7, 11) is 0. The summed E-state index contributed by atoms with van der Waals surface area (Å²) in [5, 5.41) is 22.7. The highest BCUT2D eigenvalue weighted by Gasteiger charge is 2.20. The summed E-state index contributed by atoms with van der Waals surface area (Å²) in [6.45, 7) is 1.80. The van der Waals surface area contributed by atoms with Crippen molar-refractivity contribution in [2.75, 3.05) is 5.32 Å². The number of anilines is 1. The van der Waals surface area contributed by atoms with Crippen molar-refractivity contribution in [3.8, 4) is 5.75 Å². The van der Waals surface area contributed by atoms with Crippen LogP contribution in [0.25, 0.3) is 0 Å². The minimum absolute atomic E-state index is 0.212. The van der Waals surface area contributed by atoms with Crippen LogP contribution in [0.3, 0.4) is 0 Å². The molecule has 0 spiro atoms. The lowest BCUT2D eigenvalue weighted by atomic mass is 10.1. The molecular formula is C13H11N3O4. The third kappa shape index (κ3) is 2.89. The molecule has 0 saturated carbocycles. The number of hydrogen-bond donors (Lipinski definition) is 2. The predicted octanol–water partition coefficient (Wildman–Crippen LogP) is 2.26. The Morgan fingerprint density at radius 3 is 2.70 bits per heavy atom. The SMILES string of the molecule is Cc1ccc(NC(=O)c2cc(O)ccc2[N+](=O)[O-])cn1. The molecule has 0 unspecified atom stereocenters. The molecule has 7 nitrogen and oxygen atoms in total. The number of benzene rings is 1. The molecule has 0 bridgehead atoms. The Kier molecular flexibility index (Phi) is 3.60. The maximum atomic E-state index is 12.0. The second-order valence-electron chi connectivity index (χ2n) is 4.10. The summed E-state index contributed by atoms with van der Waals surface area (Å²) >= 11 is 0. The molecule has 0 aliphatic rings. The molecule has 1 aromatic heterocycles. The van der Waals surface area contributed by atoms with E-state index in [-0.39, 0.29) is 17.0 Å². The van der Waals surface area contributed by atoms with E-state index in [0.717, 1.165) is 23.9 Å². The van der Waals surface area contributed by atoms with Gasteiger partial charge in [-0.3, -0.25) is 19.9 Å². The number of carbonyl (C=O) groups excluding carboxylic acids is 1. The van der Waals surface area contributed by atoms with E-state index in [1.54, 1.807) is 19.1 Å². The molecule has 0 atom stereocenters. The van der Waals surface area contributed by atoms with Crippen LogP contribution in [-0.2, 0) is 0 Å². The molecule has 102 valence electrons. The molecule has 7 heteroatoms. The first-order valence-corrected chi connectivity index (χ1v) is 5.69. The molecule has 0 saturated heterocycles. The van der Waals surface area contributed by atoms with E-state index in [2.05, 4.69) is 10.3 Å². The van der Waals surface area contributed by atoms with Gasteiger partial charge in [-0.25, -0.2) is 0 Å². The number of hydrogen-bond acceptors (Lipinski definition) is 5. The molecule has 0 aliphatic carbocycles. The Bertz CT molecular complexity index is 668. The number of rotatable bonds is 3. The number of aromatic hydroxyl groups is 1. The van der Waals surface area contributed by atoms with E-state index >= 15 is 0 Å². The van der Waals surface area contributed by atoms with Crippen molar-refractivity contribution in [1.82, 2.24) is 4.98 Å². The van der Waals surface area contributed by atoms with Crippen molar-refractivity contribution in [1.29, 1.82) is 0 Å². The molecule has 1 aromatic carbocycles. The van der Waals surface area contributed by atoms with Gasteiger partial charge in [0.1, 0.15) is 11.3 Å². The third-order valence-electron chi connectivity index (χ3n) is 2.59. The fourth-order valence-corrected chi connectivity index (χ4v) is 1.61. The van der Waals surface area contributed by atoms with Crippen molar-refractivity contribution in [3.05, 3.63) is 57.9 Å². The van der Waals surface area contributed by atoms with Crippen LogP contribution in [0.2, 0.25) is 0 Å². The van der Waals surface area contributed by atoms with Crippen LogP contribution in [0.4, 0.5) is 11.4 Å². The standard InChI is InChI=1S/C13H11N3O4/c1-8-2-3-9(7-14-8)15-13(18)11-6-10(17)4-5-12(11)16(19)20/h2-7,17H,1H3,(H,15,18). The van der Waals surface area contributed by atoms with Crippen molar-refractivity contribution >= 4 is 17.3 Å². The van der Waals surface area contributed by atoms with Gasteiger partial charge in [-0.1, -0.05) is 0 Å². The van der Waals surface area contributed by atoms with Gasteiger partial charge in [-0.2, -0.15) is 0 Å². The molecule has 0 radical (unpaired) electrons. The number of aromatic nitrogens is 1. The summed E-state index contributed by atoms with van der Waals surface area (Å²) in [4.78, 5) is 26.2. The van der Waals surface area contributed by atoms with Crippen LogP contribution >= 0.6 is 0 Å². The molecule has 2 aromatic rings. The average molecular weight is 273 g/mol. The van der Waals surface area contributed by atoms with Crippen molar-refractivity contribution in [2.45, 2.75) is 6.92 Å². The van der Waals surface area contributed by atoms with Gasteiger partial charge >= 0.3 is 0 Å². The van der Waals surface area contributed by atoms with E-state index in [9.17, 15) is 20.0 Å². The second-order valence-corrected chi connectivity index (χ2v) is 4.10. The van der Waals surface area contributed by atoms with Crippen LogP contribution in [0, 0.1) is 17.0 Å². The molecule has 1 heterocycles. The van der Waals surface area contributed by atoms with Gasteiger partial charge in [0.25, 0.3) is 11.6 Å². The van der Waals surface area contributed by atoms with Gasteiger partial charge in [0.15, 0.2) is 0 Å². The normalized spacial score (nSPS) is 10.1. The average Bonchev–Trinajstić information content (AvgIpc) is 2.41. The Morgan fingerprint density at radius 2 is 2.10 bits per heavy atom. The fourth-order valence-electron chi connectivity index (χ4n) is 1.61. The number of phenols is 1. The lowest BCUT2D eigenvalue weighted by molar-refractivity contribution is -0.385. The van der Waals surface area contributed by atoms with Gasteiger partial charge in [0.2, 0.25) is 0 Å². The van der Waals surface area contributed by atoms with Crippen LogP contribution in [0.5, 0.6) is 5.75 Å². The predicted molar refractivity (Wildman–Crippen MR) is 71.7 cm³/mol. The lowest BCUT2D eigenvalue weighted by Gasteiger charge is -2.06. The van der Waals surface area contributed by atoms with Gasteiger partial charge in [0, 0.05) is 11.8 Å². The van der Waals surface area contributed by atoms with Crippen molar-refractivity contribution in [2.24, 2.45) is 0 Å². The number of nitro benzene ring substituents is 1. The number of phenolic OH excluding ortho intramolecular Hbond substituents is 1. The van der Waals surface area contributed by atoms with E-state index < -0.39 is 10.8 Å². The van der Waals surface area contributed by atoms with Crippen molar-refractivity contribution in [3.63, 3.8) is 0 Å². The van der Waals surface area contributed by atoms with E-state index in [4.69, 9.17) is 0 Å². The number of aryl methyl sites for hydroxylation is 1. The maximum absolute atomic E-state index is 12.0. The monoisotopic (exact) mass is 273 g/mol. The number of pyridine rings is 1. The molecule has 0 fully saturated rings. The van der Waals surface area contributed by atoms with Gasteiger partial charge in [-0.15, -0.1) is 0 Å². The first-order chi connectivity index (χ1) is 9.47. The molecule has 20 heavy (non-hydrogen) atoms. The summed E-state index contributed by atoms with van der Waals surface area (Å²) < 4.78 is 0. The van der Waals surface area contributed by atoms with Crippen LogP contribution in [0.1, 0.15) is 16.1 Å². The topological polar surface area (TPSA) is 105 Å². The minimum Gasteiger partial charge on any atom is -0.508 e. The summed E-state index contributed by atoms with van der Waals surface area (Å²) in [6, 6.07) is 6.62. The van der Waals surface area contributed by atoms with Crippen LogP contribution < -0.4 is 5.32 Å². The highest BCUT2D eigenvalue weighted by Crippen LogP contribution is 2.24. The van der Waals surface area contributed by atoms with Gasteiger partial charge in [-0.05, 0) is 31.2 Å². The molecule has 2 rings (SSSR count). The quantitative estimate of drug-likeness (QED) is 0.659. The zero-order valence-corrected chi connectivity index (χ0v) is 10.5. The Labute approximate surface area is 114 Å². The number of carbonyl (C=O) groups is 1. The van der Waals surface area contributed by atoms with Crippen LogP contribution in [-0.4, -0.2) is 20.9 Å². The molecule has 0 aliphatic heterocycles. The van der Waals surface area contributed by atoms with Crippen molar-refractivity contribution < 1.29 is 14.8 Å². The Hall–Kier alpha value is -2.96. The molecule has 2 N–H and O–H groups in total. The largest absolute Gasteiger partial charge is 0.508 e. The molecular weight excluding hydrogens is 262 g/mol. The smallest absolute Gasteiger partial charge is 0.282 e. The van der Waals surface area contributed by atoms with Gasteiger partial charge < -0.3 is 10.4 Å². The van der Waals surface area contributed by atoms with E-state index in [0.29, 0.717) is 5.69 Å². The number of nitrogens with one attached hydrogen (secondary N) is 1. The zero-order valence-electron chi connectivity index (χ0n) is 10.5. The van der Waals surface area contributed by atoms with E-state index in [1.165, 1.54) is 6.20 Å². The second kappa shape index (κ2) is 5.35. The number of nitrogens with zero attached hydrogens (tertiary/aromatic N) is 2. The van der Waals surface area contributed by atoms with Crippen LogP contribution in [0.15, 0.2) is 36.5 Å². The first-order valence-electron chi connectivity index (χ1n) is 5.69. The summed E-state index contributed by atoms with van der Waals surface area (Å²) in [5.74, 6) is -0.902. The maximum Gasteiger partial charge on any atom is 0.282 e. The highest BCUT2D eigenvalue weighted by molar-refractivity contribution is 6.07. The first kappa shape index (κ1) is 13.5.